The average molecular weight is 196 g/mol. The minimum Gasteiger partial charge on any atom is -0.550 e. The summed E-state index contributed by atoms with van der Waals surface area (Å²) in [6, 6.07) is 0. The normalized spacial score (nSPS) is 9.58. The molecule has 0 aliphatic carbocycles. The summed E-state index contributed by atoms with van der Waals surface area (Å²) in [5.74, 6) is -0.187. The Labute approximate surface area is 118 Å². The van der Waals surface area contributed by atoms with E-state index in [1.165, 1.54) is 6.42 Å². The summed E-state index contributed by atoms with van der Waals surface area (Å²) in [5.41, 5.74) is 0. The molecule has 0 saturated heterocycles. The first-order valence-electron chi connectivity index (χ1n) is 4.32. The largest absolute Gasteiger partial charge is 1.00 e. The molecule has 0 aliphatic rings. The van der Waals surface area contributed by atoms with E-state index in [4.69, 9.17) is 0 Å². The topological polar surface area (TPSA) is 40.1 Å². The van der Waals surface area contributed by atoms with Gasteiger partial charge in [-0.05, 0) is 18.8 Å². The first kappa shape index (κ1) is 15.6. The van der Waals surface area contributed by atoms with E-state index in [0.717, 1.165) is 25.2 Å². The predicted molar refractivity (Wildman–Crippen MR) is 42.9 cm³/mol. The van der Waals surface area contributed by atoms with Gasteiger partial charge in [-0.15, -0.1) is 0 Å². The first-order chi connectivity index (χ1) is 5.13. The summed E-state index contributed by atoms with van der Waals surface area (Å²) in [7, 11) is 0. The van der Waals surface area contributed by atoms with Crippen LogP contribution in [0, 0.1) is 5.92 Å². The molecule has 0 saturated carbocycles. The van der Waals surface area contributed by atoms with Crippen molar-refractivity contribution < 1.29 is 61.3 Å². The SMILES string of the molecule is CC(C)CCCCCC(=O)[O-].[K+]. The van der Waals surface area contributed by atoms with Crippen molar-refractivity contribution in [2.45, 2.75) is 46.0 Å². The van der Waals surface area contributed by atoms with Gasteiger partial charge in [0.25, 0.3) is 0 Å². The van der Waals surface area contributed by atoms with Gasteiger partial charge in [-0.2, -0.15) is 0 Å². The quantitative estimate of drug-likeness (QED) is 0.377. The number of aliphatic carboxylic acids is 1. The van der Waals surface area contributed by atoms with E-state index < -0.39 is 5.97 Å². The van der Waals surface area contributed by atoms with Crippen molar-refractivity contribution in [3.8, 4) is 0 Å². The Balaban J connectivity index is 0. The van der Waals surface area contributed by atoms with Crippen LogP contribution in [0.25, 0.3) is 0 Å². The van der Waals surface area contributed by atoms with Crippen molar-refractivity contribution in [1.29, 1.82) is 0 Å². The molecule has 0 aromatic heterocycles. The molecule has 0 radical (unpaired) electrons. The second-order valence-electron chi connectivity index (χ2n) is 3.37. The van der Waals surface area contributed by atoms with E-state index in [1.807, 2.05) is 0 Å². The van der Waals surface area contributed by atoms with Crippen molar-refractivity contribution in [3.63, 3.8) is 0 Å². The summed E-state index contributed by atoms with van der Waals surface area (Å²) >= 11 is 0. The number of unbranched alkanes of at least 4 members (excludes halogenated alkanes) is 2. The Hall–Kier alpha value is 1.11. The first-order valence-corrected chi connectivity index (χ1v) is 4.32. The minimum absolute atomic E-state index is 0. The molecule has 0 spiro atoms. The summed E-state index contributed by atoms with van der Waals surface area (Å²) in [6.45, 7) is 4.36. The third-order valence-electron chi connectivity index (χ3n) is 1.66. The molecule has 66 valence electrons. The van der Waals surface area contributed by atoms with Gasteiger partial charge in [-0.3, -0.25) is 0 Å². The predicted octanol–water partition coefficient (Wildman–Crippen LogP) is -1.65. The van der Waals surface area contributed by atoms with Crippen molar-refractivity contribution in [2.24, 2.45) is 5.92 Å². The molecule has 2 nitrogen and oxygen atoms in total. The van der Waals surface area contributed by atoms with Crippen LogP contribution in [0.3, 0.4) is 0 Å². The second kappa shape index (κ2) is 10.2. The number of hydrogen-bond acceptors (Lipinski definition) is 2. The zero-order chi connectivity index (χ0) is 8.69. The van der Waals surface area contributed by atoms with E-state index in [0.29, 0.717) is 0 Å². The molecule has 0 aliphatic heterocycles. The van der Waals surface area contributed by atoms with Crippen molar-refractivity contribution in [2.75, 3.05) is 0 Å². The Bertz CT molecular complexity index is 113. The van der Waals surface area contributed by atoms with E-state index in [-0.39, 0.29) is 57.8 Å². The number of hydrogen-bond donors (Lipinski definition) is 0. The fourth-order valence-electron chi connectivity index (χ4n) is 0.999. The summed E-state index contributed by atoms with van der Waals surface area (Å²) in [4.78, 5) is 9.99. The van der Waals surface area contributed by atoms with Crippen LogP contribution in [0.1, 0.15) is 46.0 Å². The third-order valence-corrected chi connectivity index (χ3v) is 1.66. The molecule has 0 bridgehead atoms. The molecule has 3 heteroatoms. The van der Waals surface area contributed by atoms with Gasteiger partial charge in [0.2, 0.25) is 0 Å². The molecule has 12 heavy (non-hydrogen) atoms. The summed E-state index contributed by atoms with van der Waals surface area (Å²) < 4.78 is 0. The Kier molecular flexibility index (Phi) is 13.2. The number of rotatable bonds is 6. The van der Waals surface area contributed by atoms with Crippen LogP contribution in [0.2, 0.25) is 0 Å². The smallest absolute Gasteiger partial charge is 0.550 e. The maximum Gasteiger partial charge on any atom is 1.00 e. The molecule has 0 fully saturated rings. The van der Waals surface area contributed by atoms with Crippen LogP contribution in [0.15, 0.2) is 0 Å². The molecular weight excluding hydrogens is 179 g/mol. The molecule has 0 aromatic rings. The van der Waals surface area contributed by atoms with Crippen LogP contribution in [0.5, 0.6) is 0 Å². The fraction of sp³-hybridized carbons (Fsp3) is 0.889. The Morgan fingerprint density at radius 3 is 2.25 bits per heavy atom. The van der Waals surface area contributed by atoms with Gasteiger partial charge in [-0.25, -0.2) is 0 Å². The number of carbonyl (C=O) groups is 1. The van der Waals surface area contributed by atoms with E-state index in [2.05, 4.69) is 13.8 Å². The zero-order valence-corrected chi connectivity index (χ0v) is 11.6. The summed E-state index contributed by atoms with van der Waals surface area (Å²) in [6.07, 6.45) is 4.36. The summed E-state index contributed by atoms with van der Waals surface area (Å²) in [5, 5.41) is 9.99. The molecule has 0 rings (SSSR count). The van der Waals surface area contributed by atoms with E-state index in [9.17, 15) is 9.90 Å². The Morgan fingerprint density at radius 2 is 1.83 bits per heavy atom. The van der Waals surface area contributed by atoms with E-state index >= 15 is 0 Å². The van der Waals surface area contributed by atoms with Gasteiger partial charge in [0.15, 0.2) is 0 Å². The average Bonchev–Trinajstić information content (AvgIpc) is 1.85. The van der Waals surface area contributed by atoms with Crippen LogP contribution in [-0.4, -0.2) is 5.97 Å². The van der Waals surface area contributed by atoms with Crippen LogP contribution >= 0.6 is 0 Å². The molecule has 0 aromatic carbocycles. The van der Waals surface area contributed by atoms with Gasteiger partial charge in [0, 0.05) is 5.97 Å². The standard InChI is InChI=1S/C9H18O2.K/c1-8(2)6-4-3-5-7-9(10)11;/h8H,3-7H2,1-2H3,(H,10,11);/q;+1/p-1. The number of carboxylic acids is 1. The Morgan fingerprint density at radius 1 is 1.25 bits per heavy atom. The zero-order valence-electron chi connectivity index (χ0n) is 8.43. The molecule has 0 amide bonds. The van der Waals surface area contributed by atoms with Gasteiger partial charge >= 0.3 is 51.4 Å². The van der Waals surface area contributed by atoms with Crippen molar-refractivity contribution in [3.05, 3.63) is 0 Å². The molecule has 0 heterocycles. The molecule has 0 atom stereocenters. The van der Waals surface area contributed by atoms with Crippen molar-refractivity contribution in [1.82, 2.24) is 0 Å². The molecule has 0 N–H and O–H groups in total. The molecule has 0 unspecified atom stereocenters. The molecular formula is C9H17KO2. The fourth-order valence-corrected chi connectivity index (χ4v) is 0.999. The van der Waals surface area contributed by atoms with Gasteiger partial charge < -0.3 is 9.90 Å². The van der Waals surface area contributed by atoms with E-state index in [1.54, 1.807) is 0 Å². The minimum atomic E-state index is -0.922. The number of carboxylic acid groups (broad SMARTS) is 1. The van der Waals surface area contributed by atoms with Crippen molar-refractivity contribution >= 4 is 5.97 Å². The maximum absolute atomic E-state index is 9.99. The van der Waals surface area contributed by atoms with Crippen LogP contribution < -0.4 is 56.5 Å². The van der Waals surface area contributed by atoms with Crippen LogP contribution in [0.4, 0.5) is 0 Å². The number of carbonyl (C=O) groups excluding carboxylic acids is 1. The van der Waals surface area contributed by atoms with Crippen LogP contribution in [-0.2, 0) is 4.79 Å². The monoisotopic (exact) mass is 196 g/mol. The van der Waals surface area contributed by atoms with Gasteiger partial charge in [0.05, 0.1) is 0 Å². The third kappa shape index (κ3) is 13.7. The maximum atomic E-state index is 9.99. The van der Waals surface area contributed by atoms with Gasteiger partial charge in [-0.1, -0.05) is 33.1 Å². The van der Waals surface area contributed by atoms with Gasteiger partial charge in [0.1, 0.15) is 0 Å². The second-order valence-corrected chi connectivity index (χ2v) is 3.37.